The van der Waals surface area contributed by atoms with Gasteiger partial charge in [-0.25, -0.2) is 4.68 Å². The van der Waals surface area contributed by atoms with Crippen LogP contribution in [0, 0.1) is 11.3 Å². The molecule has 2 aromatic rings. The van der Waals surface area contributed by atoms with Gasteiger partial charge < -0.3 is 10.6 Å². The number of nitrogens with zero attached hydrogens (tertiary/aromatic N) is 4. The lowest BCUT2D eigenvalue weighted by Gasteiger charge is -2.26. The summed E-state index contributed by atoms with van der Waals surface area (Å²) in [5.41, 5.74) is 1.36. The van der Waals surface area contributed by atoms with Crippen molar-refractivity contribution in [3.8, 4) is 6.07 Å². The highest BCUT2D eigenvalue weighted by Crippen LogP contribution is 2.24. The van der Waals surface area contributed by atoms with Crippen LogP contribution < -0.4 is 10.6 Å². The van der Waals surface area contributed by atoms with Crippen LogP contribution in [0.3, 0.4) is 0 Å². The second-order valence-corrected chi connectivity index (χ2v) is 5.51. The van der Waals surface area contributed by atoms with Gasteiger partial charge >= 0.3 is 0 Å². The zero-order valence-corrected chi connectivity index (χ0v) is 12.5. The topological polar surface area (TPSA) is 95.6 Å². The van der Waals surface area contributed by atoms with Gasteiger partial charge in [-0.1, -0.05) is 5.21 Å². The molecule has 3 rings (SSSR count). The minimum absolute atomic E-state index is 0.262. The van der Waals surface area contributed by atoms with Crippen LogP contribution in [0.15, 0.2) is 28.9 Å². The van der Waals surface area contributed by atoms with Crippen LogP contribution in [0.5, 0.6) is 0 Å². The van der Waals surface area contributed by atoms with Gasteiger partial charge in [0.05, 0.1) is 29.6 Å². The molecule has 1 aromatic heterocycles. The summed E-state index contributed by atoms with van der Waals surface area (Å²) < 4.78 is 2.34. The van der Waals surface area contributed by atoms with Crippen molar-refractivity contribution in [3.05, 3.63) is 40.1 Å². The molecule has 0 saturated carbocycles. The van der Waals surface area contributed by atoms with E-state index in [-0.39, 0.29) is 17.6 Å². The molecule has 0 spiro atoms. The third kappa shape index (κ3) is 2.79. The number of carbonyl (C=O) groups excluding carboxylic acids is 1. The average Bonchev–Trinajstić information content (AvgIpc) is 2.88. The number of halogens is 1. The number of hydrogen-bond donors (Lipinski definition) is 2. The molecule has 2 heterocycles. The number of amides is 1. The SMILES string of the molecule is N#Cc1ccc(NC(=O)c2cn(C3CNC3)nn2)c(Br)c1. The minimum Gasteiger partial charge on any atom is -0.319 e. The van der Waals surface area contributed by atoms with Gasteiger partial charge in [-0.05, 0) is 34.1 Å². The van der Waals surface area contributed by atoms with Gasteiger partial charge in [0.15, 0.2) is 5.69 Å². The van der Waals surface area contributed by atoms with Crippen molar-refractivity contribution in [2.24, 2.45) is 0 Å². The van der Waals surface area contributed by atoms with E-state index in [1.54, 1.807) is 29.1 Å². The largest absolute Gasteiger partial charge is 0.319 e. The Morgan fingerprint density at radius 2 is 2.33 bits per heavy atom. The molecule has 7 nitrogen and oxygen atoms in total. The van der Waals surface area contributed by atoms with Gasteiger partial charge in [0.1, 0.15) is 0 Å². The third-order valence-corrected chi connectivity index (χ3v) is 3.88. The molecule has 1 saturated heterocycles. The van der Waals surface area contributed by atoms with E-state index < -0.39 is 0 Å². The van der Waals surface area contributed by atoms with Gasteiger partial charge in [-0.3, -0.25) is 4.79 Å². The van der Waals surface area contributed by atoms with E-state index in [0.29, 0.717) is 15.7 Å². The van der Waals surface area contributed by atoms with Crippen molar-refractivity contribution in [2.45, 2.75) is 6.04 Å². The summed E-state index contributed by atoms with van der Waals surface area (Å²) in [6.07, 6.45) is 1.64. The molecule has 1 amide bonds. The molecular formula is C13H11BrN6O. The van der Waals surface area contributed by atoms with Gasteiger partial charge in [0, 0.05) is 17.6 Å². The molecule has 1 aromatic carbocycles. The van der Waals surface area contributed by atoms with E-state index in [2.05, 4.69) is 36.9 Å². The molecule has 0 unspecified atom stereocenters. The van der Waals surface area contributed by atoms with E-state index in [9.17, 15) is 4.79 Å². The van der Waals surface area contributed by atoms with E-state index in [4.69, 9.17) is 5.26 Å². The van der Waals surface area contributed by atoms with Gasteiger partial charge in [0.25, 0.3) is 5.91 Å². The standard InChI is InChI=1S/C13H11BrN6O/c14-10-3-8(4-15)1-2-11(10)17-13(21)12-7-20(19-18-12)9-5-16-6-9/h1-3,7,9,16H,5-6H2,(H,17,21). The van der Waals surface area contributed by atoms with Crippen molar-refractivity contribution in [1.29, 1.82) is 5.26 Å². The lowest BCUT2D eigenvalue weighted by atomic mass is 10.2. The molecular weight excluding hydrogens is 336 g/mol. The fourth-order valence-electron chi connectivity index (χ4n) is 1.89. The number of hydrogen-bond acceptors (Lipinski definition) is 5. The number of anilines is 1. The van der Waals surface area contributed by atoms with Crippen molar-refractivity contribution in [1.82, 2.24) is 20.3 Å². The maximum atomic E-state index is 12.1. The first kappa shape index (κ1) is 13.7. The van der Waals surface area contributed by atoms with Crippen LogP contribution in [-0.4, -0.2) is 34.0 Å². The Bertz CT molecular complexity index is 731. The fourth-order valence-corrected chi connectivity index (χ4v) is 2.37. The Morgan fingerprint density at radius 3 is 2.95 bits per heavy atom. The lowest BCUT2D eigenvalue weighted by Crippen LogP contribution is -2.43. The van der Waals surface area contributed by atoms with E-state index in [1.165, 1.54) is 0 Å². The van der Waals surface area contributed by atoms with E-state index in [1.807, 2.05) is 6.07 Å². The van der Waals surface area contributed by atoms with Gasteiger partial charge in [-0.2, -0.15) is 5.26 Å². The molecule has 8 heteroatoms. The Labute approximate surface area is 129 Å². The summed E-state index contributed by atoms with van der Waals surface area (Å²) >= 11 is 3.32. The Hall–Kier alpha value is -2.24. The van der Waals surface area contributed by atoms with Crippen LogP contribution >= 0.6 is 15.9 Å². The third-order valence-electron chi connectivity index (χ3n) is 3.22. The van der Waals surface area contributed by atoms with Crippen molar-refractivity contribution in [2.75, 3.05) is 18.4 Å². The maximum absolute atomic E-state index is 12.1. The number of aromatic nitrogens is 3. The van der Waals surface area contributed by atoms with E-state index >= 15 is 0 Å². The quantitative estimate of drug-likeness (QED) is 0.873. The molecule has 0 aliphatic carbocycles. The highest BCUT2D eigenvalue weighted by atomic mass is 79.9. The normalized spacial score (nSPS) is 14.3. The van der Waals surface area contributed by atoms with Crippen LogP contribution in [0.1, 0.15) is 22.1 Å². The van der Waals surface area contributed by atoms with Crippen molar-refractivity contribution >= 4 is 27.5 Å². The molecule has 21 heavy (non-hydrogen) atoms. The number of nitriles is 1. The predicted octanol–water partition coefficient (Wildman–Crippen LogP) is 1.31. The summed E-state index contributed by atoms with van der Waals surface area (Å²) in [5.74, 6) is -0.334. The molecule has 0 atom stereocenters. The monoisotopic (exact) mass is 346 g/mol. The zero-order chi connectivity index (χ0) is 14.8. The highest BCUT2D eigenvalue weighted by molar-refractivity contribution is 9.10. The maximum Gasteiger partial charge on any atom is 0.277 e. The number of nitrogens with one attached hydrogen (secondary N) is 2. The second kappa shape index (κ2) is 5.63. The van der Waals surface area contributed by atoms with Crippen LogP contribution in [-0.2, 0) is 0 Å². The Morgan fingerprint density at radius 1 is 1.52 bits per heavy atom. The van der Waals surface area contributed by atoms with Gasteiger partial charge in [-0.15, -0.1) is 5.10 Å². The predicted molar refractivity (Wildman–Crippen MR) is 78.7 cm³/mol. The van der Waals surface area contributed by atoms with Crippen LogP contribution in [0.2, 0.25) is 0 Å². The van der Waals surface area contributed by atoms with E-state index in [0.717, 1.165) is 13.1 Å². The molecule has 2 N–H and O–H groups in total. The van der Waals surface area contributed by atoms with Crippen molar-refractivity contribution < 1.29 is 4.79 Å². The first-order valence-electron chi connectivity index (χ1n) is 6.31. The molecule has 1 aliphatic heterocycles. The van der Waals surface area contributed by atoms with Crippen LogP contribution in [0.4, 0.5) is 5.69 Å². The fraction of sp³-hybridized carbons (Fsp3) is 0.231. The number of carbonyl (C=O) groups is 1. The molecule has 0 radical (unpaired) electrons. The summed E-state index contributed by atoms with van der Waals surface area (Å²) in [6, 6.07) is 7.25. The summed E-state index contributed by atoms with van der Waals surface area (Å²) in [6.45, 7) is 1.68. The molecule has 1 fully saturated rings. The Kier molecular flexibility index (Phi) is 3.68. The first-order chi connectivity index (χ1) is 10.2. The first-order valence-corrected chi connectivity index (χ1v) is 7.10. The van der Waals surface area contributed by atoms with Crippen molar-refractivity contribution in [3.63, 3.8) is 0 Å². The number of rotatable bonds is 3. The minimum atomic E-state index is -0.334. The zero-order valence-electron chi connectivity index (χ0n) is 10.9. The number of benzene rings is 1. The average molecular weight is 347 g/mol. The second-order valence-electron chi connectivity index (χ2n) is 4.66. The summed E-state index contributed by atoms with van der Waals surface area (Å²) in [4.78, 5) is 12.1. The van der Waals surface area contributed by atoms with Gasteiger partial charge in [0.2, 0.25) is 0 Å². The smallest absolute Gasteiger partial charge is 0.277 e. The summed E-state index contributed by atoms with van der Waals surface area (Å²) in [5, 5.41) is 22.5. The Balaban J connectivity index is 1.74. The molecule has 1 aliphatic rings. The summed E-state index contributed by atoms with van der Waals surface area (Å²) in [7, 11) is 0. The molecule has 0 bridgehead atoms. The highest BCUT2D eigenvalue weighted by Gasteiger charge is 2.21. The molecule has 106 valence electrons. The van der Waals surface area contributed by atoms with Crippen LogP contribution in [0.25, 0.3) is 0 Å². The lowest BCUT2D eigenvalue weighted by molar-refractivity contribution is 0.102.